The van der Waals surface area contributed by atoms with E-state index in [2.05, 4.69) is 125 Å². The lowest BCUT2D eigenvalue weighted by molar-refractivity contribution is 1.22. The predicted octanol–water partition coefficient (Wildman–Crippen LogP) is 10.5. The SMILES string of the molecule is c1ccc(-c2cc(-c3ccc(-c4ccc(-c5cc6ccccc6c6ccccc56)cc4)cc3)cc(-c3ccccn3)n2)nc1. The molecule has 0 aliphatic carbocycles. The Kier molecular flexibility index (Phi) is 6.47. The van der Waals surface area contributed by atoms with Gasteiger partial charge in [0.2, 0.25) is 0 Å². The smallest absolute Gasteiger partial charge is 0.0900 e. The second-order valence-corrected chi connectivity index (χ2v) is 10.9. The molecule has 0 fully saturated rings. The normalized spacial score (nSPS) is 11.2. The van der Waals surface area contributed by atoms with Gasteiger partial charge in [-0.25, -0.2) is 4.98 Å². The minimum Gasteiger partial charge on any atom is -0.255 e. The highest BCUT2D eigenvalue weighted by atomic mass is 14.8. The van der Waals surface area contributed by atoms with E-state index in [1.54, 1.807) is 12.4 Å². The molecule has 0 saturated heterocycles. The molecule has 5 aromatic carbocycles. The molecular formula is C41H27N3. The van der Waals surface area contributed by atoms with Gasteiger partial charge in [-0.05, 0) is 97.4 Å². The zero-order valence-electron chi connectivity index (χ0n) is 23.9. The summed E-state index contributed by atoms with van der Waals surface area (Å²) in [6.07, 6.45) is 3.60. The van der Waals surface area contributed by atoms with Crippen molar-refractivity contribution in [1.82, 2.24) is 15.0 Å². The maximum Gasteiger partial charge on any atom is 0.0900 e. The Labute approximate surface area is 256 Å². The molecule has 0 aliphatic rings. The number of rotatable bonds is 5. The molecule has 0 bridgehead atoms. The third kappa shape index (κ3) is 4.81. The van der Waals surface area contributed by atoms with E-state index in [0.29, 0.717) is 0 Å². The molecule has 206 valence electrons. The first-order valence-electron chi connectivity index (χ1n) is 14.8. The molecule has 0 unspecified atom stereocenters. The van der Waals surface area contributed by atoms with Crippen molar-refractivity contribution in [2.45, 2.75) is 0 Å². The molecule has 0 amide bonds. The summed E-state index contributed by atoms with van der Waals surface area (Å²) in [6.45, 7) is 0. The lowest BCUT2D eigenvalue weighted by atomic mass is 9.92. The van der Waals surface area contributed by atoms with Crippen LogP contribution in [0.3, 0.4) is 0 Å². The van der Waals surface area contributed by atoms with Crippen molar-refractivity contribution in [3.05, 3.63) is 164 Å². The zero-order chi connectivity index (χ0) is 29.3. The van der Waals surface area contributed by atoms with E-state index in [1.165, 1.54) is 43.8 Å². The van der Waals surface area contributed by atoms with Gasteiger partial charge in [0.25, 0.3) is 0 Å². The van der Waals surface area contributed by atoms with Crippen LogP contribution in [0.5, 0.6) is 0 Å². The fourth-order valence-electron chi connectivity index (χ4n) is 5.98. The monoisotopic (exact) mass is 561 g/mol. The second kappa shape index (κ2) is 11.0. The second-order valence-electron chi connectivity index (χ2n) is 10.9. The summed E-state index contributed by atoms with van der Waals surface area (Å²) in [5.74, 6) is 0. The molecule has 0 radical (unpaired) electrons. The van der Waals surface area contributed by atoms with Gasteiger partial charge in [0.1, 0.15) is 0 Å². The molecule has 0 atom stereocenters. The van der Waals surface area contributed by atoms with Gasteiger partial charge in [-0.15, -0.1) is 0 Å². The summed E-state index contributed by atoms with van der Waals surface area (Å²) in [6, 6.07) is 53.3. The third-order valence-corrected chi connectivity index (χ3v) is 8.20. The van der Waals surface area contributed by atoms with E-state index in [9.17, 15) is 0 Å². The van der Waals surface area contributed by atoms with E-state index in [4.69, 9.17) is 4.98 Å². The molecule has 44 heavy (non-hydrogen) atoms. The van der Waals surface area contributed by atoms with Gasteiger partial charge >= 0.3 is 0 Å². The summed E-state index contributed by atoms with van der Waals surface area (Å²) in [7, 11) is 0. The Morgan fingerprint density at radius 1 is 0.318 bits per heavy atom. The molecule has 3 heteroatoms. The Morgan fingerprint density at radius 2 is 0.795 bits per heavy atom. The van der Waals surface area contributed by atoms with Gasteiger partial charge in [0, 0.05) is 12.4 Å². The number of pyridine rings is 3. The number of benzene rings is 5. The van der Waals surface area contributed by atoms with Gasteiger partial charge in [-0.2, -0.15) is 0 Å². The fraction of sp³-hybridized carbons (Fsp3) is 0. The third-order valence-electron chi connectivity index (χ3n) is 8.20. The summed E-state index contributed by atoms with van der Waals surface area (Å²) in [5, 5.41) is 5.11. The number of hydrogen-bond donors (Lipinski definition) is 0. The largest absolute Gasteiger partial charge is 0.255 e. The number of fused-ring (bicyclic) bond motifs is 3. The van der Waals surface area contributed by atoms with Crippen LogP contribution in [0.25, 0.3) is 77.7 Å². The van der Waals surface area contributed by atoms with Crippen LogP contribution in [0.4, 0.5) is 0 Å². The lowest BCUT2D eigenvalue weighted by Crippen LogP contribution is -1.93. The number of aromatic nitrogens is 3. The molecule has 3 heterocycles. The Hall–Kier alpha value is -5.93. The van der Waals surface area contributed by atoms with E-state index >= 15 is 0 Å². The summed E-state index contributed by atoms with van der Waals surface area (Å²) < 4.78 is 0. The van der Waals surface area contributed by atoms with Crippen LogP contribution in [0, 0.1) is 0 Å². The first kappa shape index (κ1) is 25.8. The first-order chi connectivity index (χ1) is 21.8. The Morgan fingerprint density at radius 3 is 1.36 bits per heavy atom. The molecule has 3 nitrogen and oxygen atoms in total. The molecule has 3 aromatic heterocycles. The van der Waals surface area contributed by atoms with Crippen LogP contribution < -0.4 is 0 Å². The topological polar surface area (TPSA) is 38.7 Å². The molecule has 8 rings (SSSR count). The predicted molar refractivity (Wildman–Crippen MR) is 182 cm³/mol. The average Bonchev–Trinajstić information content (AvgIpc) is 3.12. The Bertz CT molecular complexity index is 2180. The Balaban J connectivity index is 1.14. The van der Waals surface area contributed by atoms with E-state index in [-0.39, 0.29) is 0 Å². The highest BCUT2D eigenvalue weighted by molar-refractivity contribution is 6.13. The molecule has 0 saturated carbocycles. The van der Waals surface area contributed by atoms with Crippen LogP contribution in [-0.2, 0) is 0 Å². The molecule has 0 spiro atoms. The maximum absolute atomic E-state index is 4.91. The molecule has 8 aromatic rings. The summed E-state index contributed by atoms with van der Waals surface area (Å²) >= 11 is 0. The van der Waals surface area contributed by atoms with E-state index in [0.717, 1.165) is 33.9 Å². The molecule has 0 aliphatic heterocycles. The van der Waals surface area contributed by atoms with Crippen LogP contribution in [-0.4, -0.2) is 15.0 Å². The van der Waals surface area contributed by atoms with Gasteiger partial charge in [-0.3, -0.25) is 9.97 Å². The van der Waals surface area contributed by atoms with Gasteiger partial charge in [0.15, 0.2) is 0 Å². The standard InChI is InChI=1S/C41H27N3/c1-2-10-34-32(9-1)25-37(36-12-4-3-11-35(34)36)31-21-19-29(20-22-31)28-15-17-30(18-16-28)33-26-40(38-13-5-7-23-42-38)44-41(27-33)39-14-6-8-24-43-39/h1-27H. The highest BCUT2D eigenvalue weighted by Gasteiger charge is 2.12. The fourth-order valence-corrected chi connectivity index (χ4v) is 5.98. The van der Waals surface area contributed by atoms with E-state index in [1.807, 2.05) is 36.4 Å². The van der Waals surface area contributed by atoms with E-state index < -0.39 is 0 Å². The quantitative estimate of drug-likeness (QED) is 0.196. The van der Waals surface area contributed by atoms with Crippen LogP contribution in [0.2, 0.25) is 0 Å². The van der Waals surface area contributed by atoms with Crippen LogP contribution in [0.15, 0.2) is 164 Å². The van der Waals surface area contributed by atoms with Crippen molar-refractivity contribution >= 4 is 21.5 Å². The van der Waals surface area contributed by atoms with Crippen molar-refractivity contribution in [3.8, 4) is 56.2 Å². The van der Waals surface area contributed by atoms with Crippen molar-refractivity contribution in [2.75, 3.05) is 0 Å². The van der Waals surface area contributed by atoms with Crippen molar-refractivity contribution in [3.63, 3.8) is 0 Å². The number of nitrogens with zero attached hydrogens (tertiary/aromatic N) is 3. The zero-order valence-corrected chi connectivity index (χ0v) is 23.9. The maximum atomic E-state index is 4.91. The molecular weight excluding hydrogens is 534 g/mol. The highest BCUT2D eigenvalue weighted by Crippen LogP contribution is 2.36. The number of hydrogen-bond acceptors (Lipinski definition) is 3. The van der Waals surface area contributed by atoms with Gasteiger partial charge in [-0.1, -0.05) is 109 Å². The minimum absolute atomic E-state index is 0.824. The summed E-state index contributed by atoms with van der Waals surface area (Å²) in [5.41, 5.74) is 10.3. The van der Waals surface area contributed by atoms with Crippen molar-refractivity contribution < 1.29 is 0 Å². The van der Waals surface area contributed by atoms with Crippen LogP contribution in [0.1, 0.15) is 0 Å². The van der Waals surface area contributed by atoms with Crippen molar-refractivity contribution in [1.29, 1.82) is 0 Å². The molecule has 0 N–H and O–H groups in total. The van der Waals surface area contributed by atoms with Gasteiger partial charge in [0.05, 0.1) is 22.8 Å². The van der Waals surface area contributed by atoms with Gasteiger partial charge < -0.3 is 0 Å². The average molecular weight is 562 g/mol. The lowest BCUT2D eigenvalue weighted by Gasteiger charge is -2.12. The van der Waals surface area contributed by atoms with Crippen molar-refractivity contribution in [2.24, 2.45) is 0 Å². The summed E-state index contributed by atoms with van der Waals surface area (Å²) in [4.78, 5) is 14.0. The first-order valence-corrected chi connectivity index (χ1v) is 14.8. The van der Waals surface area contributed by atoms with Crippen LogP contribution >= 0.6 is 0 Å². The minimum atomic E-state index is 0.824.